The molecule has 0 saturated carbocycles. The molecule has 12 aromatic rings. The van der Waals surface area contributed by atoms with Gasteiger partial charge in [0.25, 0.3) is 0 Å². The van der Waals surface area contributed by atoms with Gasteiger partial charge >= 0.3 is 0 Å². The third kappa shape index (κ3) is 5.88. The lowest BCUT2D eigenvalue weighted by Gasteiger charge is -2.31. The van der Waals surface area contributed by atoms with Crippen LogP contribution in [0.5, 0.6) is 0 Å². The highest BCUT2D eigenvalue weighted by molar-refractivity contribution is 7.25. The molecule has 0 atom stereocenters. The molecule has 14 rings (SSSR count). The summed E-state index contributed by atoms with van der Waals surface area (Å²) in [5.41, 5.74) is 20.0. The average molecular weight is 882 g/mol. The van der Waals surface area contributed by atoms with Crippen LogP contribution in [0.25, 0.3) is 110 Å². The van der Waals surface area contributed by atoms with E-state index in [9.17, 15) is 0 Å². The van der Waals surface area contributed by atoms with Crippen LogP contribution >= 0.6 is 11.3 Å². The fraction of sp³-hybridized carbons (Fsp3) is 0.0156. The van der Waals surface area contributed by atoms with Gasteiger partial charge in [0.05, 0.1) is 5.41 Å². The molecule has 2 heterocycles. The van der Waals surface area contributed by atoms with Crippen molar-refractivity contribution >= 4 is 31.5 Å². The molecule has 0 N–H and O–H groups in total. The lowest BCUT2D eigenvalue weighted by atomic mass is 9.70. The highest BCUT2D eigenvalue weighted by Gasteiger charge is 2.51. The monoisotopic (exact) mass is 881 g/mol. The van der Waals surface area contributed by atoms with E-state index in [1.54, 1.807) is 0 Å². The Morgan fingerprint density at radius 2 is 0.721 bits per heavy atom. The van der Waals surface area contributed by atoms with Gasteiger partial charge in [-0.15, -0.1) is 11.3 Å². The van der Waals surface area contributed by atoms with Crippen molar-refractivity contribution in [2.45, 2.75) is 5.41 Å². The van der Waals surface area contributed by atoms with E-state index in [1.165, 1.54) is 86.9 Å². The Labute approximate surface area is 398 Å². The predicted octanol–water partition coefficient (Wildman–Crippen LogP) is 16.6. The topological polar surface area (TPSA) is 38.7 Å². The van der Waals surface area contributed by atoms with Crippen molar-refractivity contribution in [2.24, 2.45) is 0 Å². The van der Waals surface area contributed by atoms with Crippen molar-refractivity contribution < 1.29 is 0 Å². The third-order valence-electron chi connectivity index (χ3n) is 14.2. The van der Waals surface area contributed by atoms with E-state index in [2.05, 4.69) is 176 Å². The summed E-state index contributed by atoms with van der Waals surface area (Å²) in [4.78, 5) is 15.0. The van der Waals surface area contributed by atoms with Gasteiger partial charge in [-0.3, -0.25) is 0 Å². The Balaban J connectivity index is 0.940. The number of rotatable bonds is 6. The van der Waals surface area contributed by atoms with Crippen LogP contribution in [0.1, 0.15) is 22.3 Å². The first-order chi connectivity index (χ1) is 33.7. The van der Waals surface area contributed by atoms with E-state index in [0.29, 0.717) is 17.5 Å². The molecular weight excluding hydrogens is 843 g/mol. The zero-order valence-electron chi connectivity index (χ0n) is 36.8. The van der Waals surface area contributed by atoms with Crippen molar-refractivity contribution in [3.8, 4) is 89.8 Å². The normalized spacial score (nSPS) is 12.8. The summed E-state index contributed by atoms with van der Waals surface area (Å²) in [6, 6.07) is 86.1. The summed E-state index contributed by atoms with van der Waals surface area (Å²) in [5, 5.41) is 2.60. The molecule has 0 amide bonds. The summed E-state index contributed by atoms with van der Waals surface area (Å²) < 4.78 is 2.61. The van der Waals surface area contributed by atoms with E-state index >= 15 is 0 Å². The number of hydrogen-bond acceptors (Lipinski definition) is 4. The molecule has 3 nitrogen and oxygen atoms in total. The van der Waals surface area contributed by atoms with Crippen LogP contribution in [-0.4, -0.2) is 15.0 Å². The Hall–Kier alpha value is -8.57. The van der Waals surface area contributed by atoms with Gasteiger partial charge in [-0.25, -0.2) is 15.0 Å². The number of benzene rings is 10. The number of thiophene rings is 1. The van der Waals surface area contributed by atoms with Crippen molar-refractivity contribution in [3.63, 3.8) is 0 Å². The second kappa shape index (κ2) is 15.2. The summed E-state index contributed by atoms with van der Waals surface area (Å²) >= 11 is 1.86. The molecule has 10 aromatic carbocycles. The van der Waals surface area contributed by atoms with E-state index < -0.39 is 5.41 Å². The van der Waals surface area contributed by atoms with Crippen molar-refractivity contribution in [3.05, 3.63) is 259 Å². The minimum absolute atomic E-state index is 0.448. The average Bonchev–Trinajstić information content (AvgIpc) is 4.04. The molecule has 0 aliphatic heterocycles. The highest BCUT2D eigenvalue weighted by atomic mass is 32.1. The van der Waals surface area contributed by atoms with Crippen LogP contribution in [0, 0.1) is 0 Å². The summed E-state index contributed by atoms with van der Waals surface area (Å²) in [6.45, 7) is 0. The molecule has 2 aliphatic rings. The lowest BCUT2D eigenvalue weighted by molar-refractivity contribution is 0.794. The van der Waals surface area contributed by atoms with E-state index in [1.807, 2.05) is 72.0 Å². The van der Waals surface area contributed by atoms with Crippen LogP contribution in [0.2, 0.25) is 0 Å². The maximum atomic E-state index is 5.04. The van der Waals surface area contributed by atoms with Gasteiger partial charge < -0.3 is 0 Å². The molecule has 0 bridgehead atoms. The molecule has 0 unspecified atom stereocenters. The van der Waals surface area contributed by atoms with Crippen LogP contribution < -0.4 is 0 Å². The van der Waals surface area contributed by atoms with Crippen LogP contribution in [0.15, 0.2) is 237 Å². The largest absolute Gasteiger partial charge is 0.208 e. The quantitative estimate of drug-likeness (QED) is 0.167. The van der Waals surface area contributed by atoms with Gasteiger partial charge in [-0.05, 0) is 114 Å². The van der Waals surface area contributed by atoms with Crippen molar-refractivity contribution in [1.29, 1.82) is 0 Å². The fourth-order valence-corrected chi connectivity index (χ4v) is 12.2. The maximum absolute atomic E-state index is 5.04. The third-order valence-corrected chi connectivity index (χ3v) is 15.3. The zero-order chi connectivity index (χ0) is 44.8. The van der Waals surface area contributed by atoms with Gasteiger partial charge in [0, 0.05) is 36.9 Å². The number of aromatic nitrogens is 3. The van der Waals surface area contributed by atoms with Crippen molar-refractivity contribution in [1.82, 2.24) is 15.0 Å². The second-order valence-electron chi connectivity index (χ2n) is 17.8. The molecule has 4 heteroatoms. The number of hydrogen-bond donors (Lipinski definition) is 0. The Morgan fingerprint density at radius 1 is 0.250 bits per heavy atom. The van der Waals surface area contributed by atoms with E-state index in [4.69, 9.17) is 15.0 Å². The van der Waals surface area contributed by atoms with Gasteiger partial charge in [-0.1, -0.05) is 200 Å². The van der Waals surface area contributed by atoms with Crippen LogP contribution in [-0.2, 0) is 5.41 Å². The zero-order valence-corrected chi connectivity index (χ0v) is 37.6. The summed E-state index contributed by atoms with van der Waals surface area (Å²) in [7, 11) is 0. The predicted molar refractivity (Wildman–Crippen MR) is 282 cm³/mol. The van der Waals surface area contributed by atoms with Gasteiger partial charge in [-0.2, -0.15) is 0 Å². The highest BCUT2D eigenvalue weighted by Crippen LogP contribution is 2.63. The van der Waals surface area contributed by atoms with E-state index in [0.717, 1.165) is 27.8 Å². The minimum atomic E-state index is -0.448. The molecule has 68 heavy (non-hydrogen) atoms. The molecule has 2 aromatic heterocycles. The molecule has 2 aliphatic carbocycles. The first-order valence-electron chi connectivity index (χ1n) is 23.2. The first-order valence-corrected chi connectivity index (χ1v) is 24.0. The molecule has 0 saturated heterocycles. The Kier molecular flexibility index (Phi) is 8.67. The van der Waals surface area contributed by atoms with Gasteiger partial charge in [0.2, 0.25) is 0 Å². The number of fused-ring (bicyclic) bond motifs is 13. The van der Waals surface area contributed by atoms with Crippen LogP contribution in [0.3, 0.4) is 0 Å². The Morgan fingerprint density at radius 3 is 1.37 bits per heavy atom. The van der Waals surface area contributed by atoms with Crippen LogP contribution in [0.4, 0.5) is 0 Å². The molecule has 316 valence electrons. The number of nitrogens with zero attached hydrogens (tertiary/aromatic N) is 3. The van der Waals surface area contributed by atoms with E-state index in [-0.39, 0.29) is 0 Å². The molecular formula is C64H39N3S. The second-order valence-corrected chi connectivity index (χ2v) is 18.9. The molecule has 1 spiro atoms. The molecule has 0 fully saturated rings. The minimum Gasteiger partial charge on any atom is -0.208 e. The fourth-order valence-electron chi connectivity index (χ4n) is 11.1. The molecule has 0 radical (unpaired) electrons. The maximum Gasteiger partial charge on any atom is 0.164 e. The van der Waals surface area contributed by atoms with Gasteiger partial charge in [0.1, 0.15) is 0 Å². The SMILES string of the molecule is c1ccc(-c2nc(-c3ccccc3)nc(-c3cccc(-c4ccc(-c5cc6c(cc5-c5ccc7sc8ccccc8c7c5)-c5ccccc5C65c6ccccc6-c6ccccc65)cc4)c3)n2)cc1. The first kappa shape index (κ1) is 38.7. The van der Waals surface area contributed by atoms with Crippen molar-refractivity contribution in [2.75, 3.05) is 0 Å². The summed E-state index contributed by atoms with van der Waals surface area (Å²) in [6.07, 6.45) is 0. The smallest absolute Gasteiger partial charge is 0.164 e. The standard InChI is InChI=1S/C64H39N3S/c1-3-16-42(17-4-1)61-65-62(43-18-5-2-6-19-43)67-63(66-61)46-21-15-20-44(36-46)40-30-32-41(33-31-40)52-39-58-53(38-51(52)45-34-35-60-54(37-45)50-25-10-14-29-59(50)68-60)49-24-9-13-28-57(49)64(58)55-26-11-7-22-47(55)48-23-8-12-27-56(48)64/h1-39H. The Bertz CT molecular complexity index is 3860. The summed E-state index contributed by atoms with van der Waals surface area (Å²) in [5.74, 6) is 1.93. The lowest BCUT2D eigenvalue weighted by Crippen LogP contribution is -2.25. The van der Waals surface area contributed by atoms with Gasteiger partial charge in [0.15, 0.2) is 17.5 Å².